The van der Waals surface area contributed by atoms with E-state index < -0.39 is 35.6 Å². The van der Waals surface area contributed by atoms with Gasteiger partial charge in [-0.3, -0.25) is 14.9 Å². The predicted molar refractivity (Wildman–Crippen MR) is 62.2 cm³/mol. The van der Waals surface area contributed by atoms with Gasteiger partial charge in [0.1, 0.15) is 12.2 Å². The van der Waals surface area contributed by atoms with Gasteiger partial charge in [0.15, 0.2) is 0 Å². The Kier molecular flexibility index (Phi) is 4.49. The quantitative estimate of drug-likeness (QED) is 0.624. The van der Waals surface area contributed by atoms with Crippen LogP contribution < -0.4 is 5.32 Å². The van der Waals surface area contributed by atoms with Gasteiger partial charge in [-0.25, -0.2) is 8.78 Å². The lowest BCUT2D eigenvalue weighted by Crippen LogP contribution is -2.39. The lowest BCUT2D eigenvalue weighted by atomic mass is 10.1. The molecule has 2 N–H and O–H groups in total. The third-order valence-corrected chi connectivity index (χ3v) is 2.41. The Labute approximate surface area is 107 Å². The second-order valence-corrected chi connectivity index (χ2v) is 3.92. The van der Waals surface area contributed by atoms with Crippen LogP contribution in [0, 0.1) is 17.0 Å². The van der Waals surface area contributed by atoms with Gasteiger partial charge in [0, 0.05) is 6.07 Å². The van der Waals surface area contributed by atoms with Crippen LogP contribution in [0.4, 0.5) is 14.5 Å². The number of nitrogens with zero attached hydrogens (tertiary/aromatic N) is 1. The first-order valence-corrected chi connectivity index (χ1v) is 5.29. The summed E-state index contributed by atoms with van der Waals surface area (Å²) in [5, 5.41) is 21.0. The summed E-state index contributed by atoms with van der Waals surface area (Å²) in [5.74, 6) is -4.44. The Morgan fingerprint density at radius 1 is 1.53 bits per heavy atom. The van der Waals surface area contributed by atoms with Crippen LogP contribution in [0.3, 0.4) is 0 Å². The summed E-state index contributed by atoms with van der Waals surface area (Å²) in [5.41, 5.74) is -0.412. The van der Waals surface area contributed by atoms with Crippen molar-refractivity contribution in [3.8, 4) is 0 Å². The lowest BCUT2D eigenvalue weighted by Gasteiger charge is -2.14. The molecule has 0 aliphatic rings. The number of alkyl halides is 2. The Morgan fingerprint density at radius 2 is 2.16 bits per heavy atom. The van der Waals surface area contributed by atoms with Crippen LogP contribution in [0.2, 0.25) is 0 Å². The van der Waals surface area contributed by atoms with Crippen molar-refractivity contribution in [2.24, 2.45) is 0 Å². The average molecular weight is 274 g/mol. The summed E-state index contributed by atoms with van der Waals surface area (Å²) in [6, 6.07) is 3.98. The van der Waals surface area contributed by atoms with E-state index in [1.165, 1.54) is 19.1 Å². The zero-order valence-corrected chi connectivity index (χ0v) is 10.0. The van der Waals surface area contributed by atoms with Crippen molar-refractivity contribution in [3.05, 3.63) is 39.4 Å². The van der Waals surface area contributed by atoms with E-state index in [0.717, 1.165) is 6.07 Å². The van der Waals surface area contributed by atoms with E-state index in [0.29, 0.717) is 5.56 Å². The fourth-order valence-corrected chi connectivity index (χ4v) is 1.45. The number of amides is 1. The molecule has 0 spiro atoms. The van der Waals surface area contributed by atoms with Crippen LogP contribution in [0.25, 0.3) is 0 Å². The average Bonchev–Trinajstić information content (AvgIpc) is 2.35. The number of nitrogens with one attached hydrogen (secondary N) is 1. The maximum atomic E-state index is 12.8. The number of nitro groups is 1. The highest BCUT2D eigenvalue weighted by atomic mass is 19.3. The molecule has 1 amide bonds. The van der Waals surface area contributed by atoms with E-state index in [1.807, 2.05) is 5.32 Å². The summed E-state index contributed by atoms with van der Waals surface area (Å²) in [6.45, 7) is -1.04. The molecule has 0 bridgehead atoms. The van der Waals surface area contributed by atoms with E-state index >= 15 is 0 Å². The number of hydrogen-bond acceptors (Lipinski definition) is 4. The van der Waals surface area contributed by atoms with Gasteiger partial charge in [-0.2, -0.15) is 0 Å². The highest BCUT2D eigenvalue weighted by Gasteiger charge is 2.30. The maximum absolute atomic E-state index is 12.8. The van der Waals surface area contributed by atoms with Crippen molar-refractivity contribution in [2.75, 3.05) is 13.2 Å². The summed E-state index contributed by atoms with van der Waals surface area (Å²) in [4.78, 5) is 21.7. The third kappa shape index (κ3) is 3.68. The van der Waals surface area contributed by atoms with Crippen molar-refractivity contribution < 1.29 is 23.6 Å². The minimum atomic E-state index is -3.47. The standard InChI is InChI=1S/C11H12F2N2O4/c1-7-3-2-4-8(15(18)19)9(7)10(17)14-5-11(12,13)6-16/h2-4,16H,5-6H2,1H3,(H,14,17). The van der Waals surface area contributed by atoms with E-state index in [1.54, 1.807) is 0 Å². The van der Waals surface area contributed by atoms with Crippen LogP contribution in [0.15, 0.2) is 18.2 Å². The number of aryl methyl sites for hydroxylation is 1. The molecule has 0 radical (unpaired) electrons. The molecule has 1 rings (SSSR count). The van der Waals surface area contributed by atoms with E-state index in [4.69, 9.17) is 5.11 Å². The molecule has 0 unspecified atom stereocenters. The fourth-order valence-electron chi connectivity index (χ4n) is 1.45. The molecule has 19 heavy (non-hydrogen) atoms. The second-order valence-electron chi connectivity index (χ2n) is 3.92. The first kappa shape index (κ1) is 15.0. The zero-order valence-electron chi connectivity index (χ0n) is 10.0. The Morgan fingerprint density at radius 3 is 2.68 bits per heavy atom. The molecule has 0 aromatic heterocycles. The summed E-state index contributed by atoms with van der Waals surface area (Å²) >= 11 is 0. The Balaban J connectivity index is 2.97. The summed E-state index contributed by atoms with van der Waals surface area (Å²) in [6.07, 6.45) is 0. The first-order valence-electron chi connectivity index (χ1n) is 5.29. The fraction of sp³-hybridized carbons (Fsp3) is 0.364. The molecule has 0 aliphatic carbocycles. The molecule has 8 heteroatoms. The highest BCUT2D eigenvalue weighted by molar-refractivity contribution is 5.99. The molecule has 0 aliphatic heterocycles. The normalized spacial score (nSPS) is 11.2. The number of carbonyl (C=O) groups is 1. The van der Waals surface area contributed by atoms with Crippen LogP contribution in [-0.4, -0.2) is 35.0 Å². The number of carbonyl (C=O) groups excluding carboxylic acids is 1. The molecule has 0 heterocycles. The van der Waals surface area contributed by atoms with Crippen LogP contribution in [0.1, 0.15) is 15.9 Å². The molecule has 0 saturated carbocycles. The lowest BCUT2D eigenvalue weighted by molar-refractivity contribution is -0.385. The first-order chi connectivity index (χ1) is 8.78. The van der Waals surface area contributed by atoms with Crippen LogP contribution in [0.5, 0.6) is 0 Å². The molecular formula is C11H12F2N2O4. The number of benzene rings is 1. The van der Waals surface area contributed by atoms with Gasteiger partial charge in [-0.05, 0) is 12.5 Å². The minimum Gasteiger partial charge on any atom is -0.390 e. The monoisotopic (exact) mass is 274 g/mol. The van der Waals surface area contributed by atoms with Crippen LogP contribution in [-0.2, 0) is 0 Å². The number of aliphatic hydroxyl groups is 1. The largest absolute Gasteiger partial charge is 0.390 e. The topological polar surface area (TPSA) is 92.5 Å². The molecule has 6 nitrogen and oxygen atoms in total. The van der Waals surface area contributed by atoms with Gasteiger partial charge < -0.3 is 10.4 Å². The third-order valence-electron chi connectivity index (χ3n) is 2.41. The van der Waals surface area contributed by atoms with Gasteiger partial charge in [-0.1, -0.05) is 12.1 Å². The highest BCUT2D eigenvalue weighted by Crippen LogP contribution is 2.22. The molecule has 0 saturated heterocycles. The minimum absolute atomic E-state index is 0.263. The summed E-state index contributed by atoms with van der Waals surface area (Å²) in [7, 11) is 0. The Bertz CT molecular complexity index is 505. The molecule has 104 valence electrons. The molecule has 1 aromatic carbocycles. The van der Waals surface area contributed by atoms with Crippen molar-refractivity contribution in [2.45, 2.75) is 12.8 Å². The zero-order chi connectivity index (χ0) is 14.6. The van der Waals surface area contributed by atoms with E-state index in [2.05, 4.69) is 0 Å². The smallest absolute Gasteiger partial charge is 0.287 e. The molecule has 0 fully saturated rings. The van der Waals surface area contributed by atoms with Crippen molar-refractivity contribution >= 4 is 11.6 Å². The Hall–Kier alpha value is -2.09. The maximum Gasteiger partial charge on any atom is 0.287 e. The number of aliphatic hydroxyl groups excluding tert-OH is 1. The second kappa shape index (κ2) is 5.70. The van der Waals surface area contributed by atoms with Gasteiger partial charge >= 0.3 is 0 Å². The molecular weight excluding hydrogens is 262 g/mol. The van der Waals surface area contributed by atoms with Gasteiger partial charge in [0.2, 0.25) is 0 Å². The van der Waals surface area contributed by atoms with Crippen molar-refractivity contribution in [3.63, 3.8) is 0 Å². The van der Waals surface area contributed by atoms with Gasteiger partial charge in [-0.15, -0.1) is 0 Å². The number of nitro benzene ring substituents is 1. The SMILES string of the molecule is Cc1cccc([N+](=O)[O-])c1C(=O)NCC(F)(F)CO. The van der Waals surface area contributed by atoms with E-state index in [9.17, 15) is 23.7 Å². The molecule has 0 atom stereocenters. The van der Waals surface area contributed by atoms with Crippen molar-refractivity contribution in [1.82, 2.24) is 5.32 Å². The van der Waals surface area contributed by atoms with Crippen molar-refractivity contribution in [1.29, 1.82) is 0 Å². The van der Waals surface area contributed by atoms with Gasteiger partial charge in [0.05, 0.1) is 11.5 Å². The number of rotatable bonds is 5. The predicted octanol–water partition coefficient (Wildman–Crippen LogP) is 1.26. The number of hydrogen-bond donors (Lipinski definition) is 2. The summed E-state index contributed by atoms with van der Waals surface area (Å²) < 4.78 is 25.6. The number of halogens is 2. The van der Waals surface area contributed by atoms with Gasteiger partial charge in [0.25, 0.3) is 17.5 Å². The van der Waals surface area contributed by atoms with E-state index in [-0.39, 0.29) is 5.56 Å². The molecule has 1 aromatic rings. The van der Waals surface area contributed by atoms with Crippen LogP contribution >= 0.6 is 0 Å².